The van der Waals surface area contributed by atoms with Crippen LogP contribution in [0.2, 0.25) is 0 Å². The largest absolute Gasteiger partial charge is 0.462 e. The van der Waals surface area contributed by atoms with Crippen LogP contribution >= 0.6 is 0 Å². The predicted molar refractivity (Wildman–Crippen MR) is 102 cm³/mol. The summed E-state index contributed by atoms with van der Waals surface area (Å²) in [5.41, 5.74) is 1.33. The van der Waals surface area contributed by atoms with E-state index in [1.54, 1.807) is 24.3 Å². The molecular weight excluding hydrogens is 375 g/mol. The maximum atomic E-state index is 13.0. The lowest BCUT2D eigenvalue weighted by molar-refractivity contribution is -0.145. The van der Waals surface area contributed by atoms with Gasteiger partial charge in [-0.25, -0.2) is 4.39 Å². The molecule has 2 N–H and O–H groups in total. The Bertz CT molecular complexity index is 1000. The summed E-state index contributed by atoms with van der Waals surface area (Å²) >= 11 is 0. The monoisotopic (exact) mass is 394 g/mol. The number of fused-ring (bicyclic) bond motifs is 1. The number of benzene rings is 2. The molecule has 0 unspecified atom stereocenters. The molecule has 0 spiro atoms. The first-order valence-electron chi connectivity index (χ1n) is 9.68. The van der Waals surface area contributed by atoms with Crippen LogP contribution in [0.15, 0.2) is 48.5 Å². The van der Waals surface area contributed by atoms with Gasteiger partial charge in [0.15, 0.2) is 0 Å². The van der Waals surface area contributed by atoms with E-state index in [4.69, 9.17) is 4.74 Å². The Morgan fingerprint density at radius 1 is 1.00 bits per heavy atom. The van der Waals surface area contributed by atoms with Crippen LogP contribution in [0.1, 0.15) is 23.2 Å². The van der Waals surface area contributed by atoms with E-state index < -0.39 is 0 Å². The normalized spacial score (nSPS) is 28.9. The lowest BCUT2D eigenvalue weighted by Gasteiger charge is -2.23. The number of hydrogen-bond donors (Lipinski definition) is 2. The molecule has 5 atom stereocenters. The molecule has 2 aromatic rings. The maximum Gasteiger partial charge on any atom is 0.310 e. The van der Waals surface area contributed by atoms with E-state index in [-0.39, 0.29) is 53.4 Å². The summed E-state index contributed by atoms with van der Waals surface area (Å²) in [5, 5.41) is 5.55. The standard InChI is InChI=1S/C22H19FN2O4/c23-13-4-6-14(7-5-13)24-20(26)11-2-1-3-15(8-11)25-21(27)18-12-9-16-17(10-12)29-22(28)19(16)18/h1-8,12,16-19H,9-10H2,(H,24,26)(H,25,27)/t12-,16-,17+,18+,19-/m1/s1. The summed E-state index contributed by atoms with van der Waals surface area (Å²) in [6.07, 6.45) is 1.60. The molecule has 1 aliphatic heterocycles. The lowest BCUT2D eigenvalue weighted by Crippen LogP contribution is -2.35. The Morgan fingerprint density at radius 3 is 2.59 bits per heavy atom. The molecule has 2 saturated carbocycles. The minimum atomic E-state index is -0.384. The number of halogens is 1. The van der Waals surface area contributed by atoms with E-state index in [2.05, 4.69) is 10.6 Å². The van der Waals surface area contributed by atoms with Crippen molar-refractivity contribution in [2.24, 2.45) is 23.7 Å². The summed E-state index contributed by atoms with van der Waals surface area (Å²) in [6, 6.07) is 12.1. The van der Waals surface area contributed by atoms with Gasteiger partial charge in [0.2, 0.25) is 5.91 Å². The van der Waals surface area contributed by atoms with Crippen LogP contribution < -0.4 is 10.6 Å². The molecule has 0 radical (unpaired) electrons. The van der Waals surface area contributed by atoms with E-state index in [0.717, 1.165) is 12.8 Å². The molecule has 2 bridgehead atoms. The molecule has 29 heavy (non-hydrogen) atoms. The van der Waals surface area contributed by atoms with Crippen LogP contribution in [0.25, 0.3) is 0 Å². The Morgan fingerprint density at radius 2 is 1.79 bits per heavy atom. The van der Waals surface area contributed by atoms with Crippen molar-refractivity contribution in [1.82, 2.24) is 0 Å². The van der Waals surface area contributed by atoms with Crippen LogP contribution in [0, 0.1) is 29.5 Å². The zero-order valence-electron chi connectivity index (χ0n) is 15.4. The fourth-order valence-electron chi connectivity index (χ4n) is 5.06. The average Bonchev–Trinajstić information content (AvgIpc) is 3.32. The van der Waals surface area contributed by atoms with E-state index in [1.807, 2.05) is 0 Å². The second-order valence-corrected chi connectivity index (χ2v) is 7.95. The van der Waals surface area contributed by atoms with Crippen molar-refractivity contribution in [3.8, 4) is 0 Å². The molecule has 1 heterocycles. The Labute approximate surface area is 166 Å². The van der Waals surface area contributed by atoms with Gasteiger partial charge in [-0.15, -0.1) is 0 Å². The fraction of sp³-hybridized carbons (Fsp3) is 0.318. The highest BCUT2D eigenvalue weighted by molar-refractivity contribution is 6.05. The summed E-state index contributed by atoms with van der Waals surface area (Å²) < 4.78 is 18.4. The van der Waals surface area contributed by atoms with Gasteiger partial charge in [-0.05, 0) is 61.2 Å². The quantitative estimate of drug-likeness (QED) is 0.780. The highest BCUT2D eigenvalue weighted by atomic mass is 19.1. The molecule has 2 aromatic carbocycles. The lowest BCUT2D eigenvalue weighted by atomic mass is 9.79. The second-order valence-electron chi connectivity index (χ2n) is 7.95. The van der Waals surface area contributed by atoms with E-state index >= 15 is 0 Å². The van der Waals surface area contributed by atoms with Gasteiger partial charge >= 0.3 is 5.97 Å². The third-order valence-corrected chi connectivity index (χ3v) is 6.28. The van der Waals surface area contributed by atoms with Gasteiger partial charge in [0, 0.05) is 22.9 Å². The van der Waals surface area contributed by atoms with E-state index in [9.17, 15) is 18.8 Å². The number of anilines is 2. The molecule has 3 fully saturated rings. The molecule has 1 saturated heterocycles. The highest BCUT2D eigenvalue weighted by Gasteiger charge is 2.63. The van der Waals surface area contributed by atoms with Crippen molar-refractivity contribution in [2.45, 2.75) is 18.9 Å². The van der Waals surface area contributed by atoms with Crippen molar-refractivity contribution >= 4 is 29.2 Å². The zero-order valence-corrected chi connectivity index (χ0v) is 15.4. The molecule has 6 nitrogen and oxygen atoms in total. The average molecular weight is 394 g/mol. The molecule has 2 amide bonds. The highest BCUT2D eigenvalue weighted by Crippen LogP contribution is 2.57. The van der Waals surface area contributed by atoms with Gasteiger partial charge < -0.3 is 15.4 Å². The van der Waals surface area contributed by atoms with Gasteiger partial charge in [-0.1, -0.05) is 6.07 Å². The Balaban J connectivity index is 1.29. The third kappa shape index (κ3) is 3.06. The smallest absolute Gasteiger partial charge is 0.310 e. The van der Waals surface area contributed by atoms with Crippen LogP contribution in [0.3, 0.4) is 0 Å². The summed E-state index contributed by atoms with van der Waals surface area (Å²) in [5.74, 6) is -1.58. The van der Waals surface area contributed by atoms with Crippen LogP contribution in [-0.2, 0) is 14.3 Å². The molecular formula is C22H19FN2O4. The summed E-state index contributed by atoms with van der Waals surface area (Å²) in [7, 11) is 0. The molecule has 0 aromatic heterocycles. The SMILES string of the molecule is O=C(Nc1ccc(F)cc1)c1cccc(NC(=O)[C@H]2[C@@H]3C[C@H]4[C@H]2C(=O)O[C@H]4C3)c1. The van der Waals surface area contributed by atoms with Crippen molar-refractivity contribution in [3.63, 3.8) is 0 Å². The van der Waals surface area contributed by atoms with Crippen LogP contribution in [-0.4, -0.2) is 23.9 Å². The number of carbonyl (C=O) groups excluding carboxylic acids is 3. The van der Waals surface area contributed by atoms with Gasteiger partial charge in [0.05, 0.1) is 11.8 Å². The minimum absolute atomic E-state index is 0.0139. The van der Waals surface area contributed by atoms with Crippen molar-refractivity contribution < 1.29 is 23.5 Å². The number of ether oxygens (including phenoxy) is 1. The topological polar surface area (TPSA) is 84.5 Å². The number of amides is 2. The first kappa shape index (κ1) is 17.8. The zero-order chi connectivity index (χ0) is 20.1. The summed E-state index contributed by atoms with van der Waals surface area (Å²) in [4.78, 5) is 37.5. The van der Waals surface area contributed by atoms with Gasteiger partial charge in [-0.2, -0.15) is 0 Å². The number of hydrogen-bond acceptors (Lipinski definition) is 4. The van der Waals surface area contributed by atoms with Gasteiger partial charge in [0.1, 0.15) is 11.9 Å². The molecule has 7 heteroatoms. The maximum absolute atomic E-state index is 13.0. The van der Waals surface area contributed by atoms with Crippen molar-refractivity contribution in [1.29, 1.82) is 0 Å². The Kier molecular flexibility index (Phi) is 4.12. The Hall–Kier alpha value is -3.22. The third-order valence-electron chi connectivity index (χ3n) is 6.28. The van der Waals surface area contributed by atoms with E-state index in [0.29, 0.717) is 16.9 Å². The molecule has 148 valence electrons. The fourth-order valence-corrected chi connectivity index (χ4v) is 5.06. The second kappa shape index (κ2) is 6.69. The minimum Gasteiger partial charge on any atom is -0.462 e. The van der Waals surface area contributed by atoms with Crippen LogP contribution in [0.5, 0.6) is 0 Å². The molecule has 3 aliphatic rings. The van der Waals surface area contributed by atoms with Crippen molar-refractivity contribution in [2.75, 3.05) is 10.6 Å². The number of carbonyl (C=O) groups is 3. The predicted octanol–water partition coefficient (Wildman–Crippen LogP) is 3.21. The van der Waals surface area contributed by atoms with Crippen molar-refractivity contribution in [3.05, 3.63) is 59.9 Å². The molecule has 2 aliphatic carbocycles. The number of rotatable bonds is 4. The first-order chi connectivity index (χ1) is 14.0. The summed E-state index contributed by atoms with van der Waals surface area (Å²) in [6.45, 7) is 0. The van der Waals surface area contributed by atoms with Gasteiger partial charge in [0.25, 0.3) is 5.91 Å². The molecule has 5 rings (SSSR count). The number of esters is 1. The first-order valence-corrected chi connectivity index (χ1v) is 9.68. The van der Waals surface area contributed by atoms with Crippen LogP contribution in [0.4, 0.5) is 15.8 Å². The van der Waals surface area contributed by atoms with E-state index in [1.165, 1.54) is 24.3 Å². The number of nitrogens with one attached hydrogen (secondary N) is 2. The van der Waals surface area contributed by atoms with Gasteiger partial charge in [-0.3, -0.25) is 14.4 Å².